The summed E-state index contributed by atoms with van der Waals surface area (Å²) in [5.74, 6) is -2.80. The summed E-state index contributed by atoms with van der Waals surface area (Å²) in [4.78, 5) is 27.4. The minimum atomic E-state index is -4.85. The summed E-state index contributed by atoms with van der Waals surface area (Å²) in [6.07, 6.45) is -4.31. The lowest BCUT2D eigenvalue weighted by molar-refractivity contribution is -0.137. The Hall–Kier alpha value is -3.66. The van der Waals surface area contributed by atoms with Crippen molar-refractivity contribution in [2.75, 3.05) is 16.8 Å². The Bertz CT molecular complexity index is 1440. The van der Waals surface area contributed by atoms with Crippen LogP contribution >= 0.6 is 11.6 Å². The van der Waals surface area contributed by atoms with E-state index in [2.05, 4.69) is 10.6 Å². The largest absolute Gasteiger partial charge is 0.416 e. The molecule has 0 fully saturated rings. The molecule has 5 nitrogen and oxygen atoms in total. The highest BCUT2D eigenvalue weighted by atomic mass is 35.5. The van der Waals surface area contributed by atoms with Crippen LogP contribution in [0, 0.1) is 18.6 Å². The Kier molecular flexibility index (Phi) is 5.66. The maximum Gasteiger partial charge on any atom is 0.416 e. The number of hydrogen-bond donors (Lipinski definition) is 2. The van der Waals surface area contributed by atoms with Gasteiger partial charge >= 0.3 is 12.2 Å². The molecule has 3 amide bonds. The molecule has 0 bridgehead atoms. The summed E-state index contributed by atoms with van der Waals surface area (Å²) in [5.41, 5.74) is 1.08. The molecule has 36 heavy (non-hydrogen) atoms. The van der Waals surface area contributed by atoms with Crippen molar-refractivity contribution in [2.24, 2.45) is 0 Å². The van der Waals surface area contributed by atoms with Crippen LogP contribution in [0.15, 0.2) is 42.5 Å². The first kappa shape index (κ1) is 24.1. The summed E-state index contributed by atoms with van der Waals surface area (Å²) >= 11 is 6.33. The maximum atomic E-state index is 14.1. The van der Waals surface area contributed by atoms with Gasteiger partial charge in [0.05, 0.1) is 17.3 Å². The first-order chi connectivity index (χ1) is 16.9. The molecule has 0 saturated heterocycles. The lowest BCUT2D eigenvalue weighted by Crippen LogP contribution is -2.46. The summed E-state index contributed by atoms with van der Waals surface area (Å²) in [6.45, 7) is 2.14. The van der Waals surface area contributed by atoms with Crippen molar-refractivity contribution in [1.82, 2.24) is 5.32 Å². The van der Waals surface area contributed by atoms with Crippen LogP contribution in [0.5, 0.6) is 0 Å². The Morgan fingerprint density at radius 1 is 1.11 bits per heavy atom. The fourth-order valence-electron chi connectivity index (χ4n) is 4.74. The molecule has 1 unspecified atom stereocenters. The van der Waals surface area contributed by atoms with E-state index in [0.29, 0.717) is 42.4 Å². The van der Waals surface area contributed by atoms with Crippen LogP contribution in [0.1, 0.15) is 44.2 Å². The number of hydrogen-bond acceptors (Lipinski definition) is 2. The molecule has 0 aromatic heterocycles. The molecule has 2 heterocycles. The summed E-state index contributed by atoms with van der Waals surface area (Å²) in [7, 11) is 0. The molecule has 11 heteroatoms. The standard InChI is InChI=1S/C25H17ClF5N3O2/c1-11-6-19(32-23(35)12-7-13(25(29,30)31)9-15(28)8-12)20-21(17-10-14(27)2-3-18(17)26)33-24(36)34-5-4-16(11)22(20)34/h2-3,6-10,21H,4-5H2,1H3,(H,32,35)(H,33,36). The molecular weight excluding hydrogens is 505 g/mol. The van der Waals surface area contributed by atoms with Gasteiger partial charge in [-0.25, -0.2) is 13.6 Å². The number of halogens is 6. The van der Waals surface area contributed by atoms with E-state index in [1.807, 2.05) is 0 Å². The van der Waals surface area contributed by atoms with Gasteiger partial charge in [-0.2, -0.15) is 13.2 Å². The van der Waals surface area contributed by atoms with Gasteiger partial charge in [-0.3, -0.25) is 9.69 Å². The third-order valence-electron chi connectivity index (χ3n) is 6.33. The molecule has 0 aliphatic carbocycles. The Morgan fingerprint density at radius 2 is 1.86 bits per heavy atom. The van der Waals surface area contributed by atoms with Crippen molar-refractivity contribution >= 4 is 34.9 Å². The summed E-state index contributed by atoms with van der Waals surface area (Å²) in [6, 6.07) is 5.44. The van der Waals surface area contributed by atoms with E-state index in [1.165, 1.54) is 11.0 Å². The van der Waals surface area contributed by atoms with E-state index >= 15 is 0 Å². The molecule has 2 N–H and O–H groups in total. The van der Waals surface area contributed by atoms with Gasteiger partial charge in [-0.1, -0.05) is 11.6 Å². The van der Waals surface area contributed by atoms with Gasteiger partial charge in [0.15, 0.2) is 0 Å². The van der Waals surface area contributed by atoms with Crippen LogP contribution in [0.2, 0.25) is 5.02 Å². The molecule has 0 saturated carbocycles. The summed E-state index contributed by atoms with van der Waals surface area (Å²) in [5, 5.41) is 5.51. The van der Waals surface area contributed by atoms with Crippen molar-refractivity contribution in [3.05, 3.63) is 92.5 Å². The van der Waals surface area contributed by atoms with Crippen molar-refractivity contribution in [3.8, 4) is 0 Å². The highest BCUT2D eigenvalue weighted by molar-refractivity contribution is 6.31. The fraction of sp³-hybridized carbons (Fsp3) is 0.200. The molecule has 2 aliphatic rings. The Labute approximate surface area is 206 Å². The second-order valence-corrected chi connectivity index (χ2v) is 9.02. The second-order valence-electron chi connectivity index (χ2n) is 8.61. The number of amides is 3. The number of alkyl halides is 3. The van der Waals surface area contributed by atoms with Crippen LogP contribution in [0.25, 0.3) is 0 Å². The van der Waals surface area contributed by atoms with Gasteiger partial charge in [0.2, 0.25) is 0 Å². The number of rotatable bonds is 3. The minimum absolute atomic E-state index is 0.166. The van der Waals surface area contributed by atoms with Crippen molar-refractivity contribution in [1.29, 1.82) is 0 Å². The van der Waals surface area contributed by atoms with Gasteiger partial charge < -0.3 is 10.6 Å². The highest BCUT2D eigenvalue weighted by Gasteiger charge is 2.40. The van der Waals surface area contributed by atoms with E-state index in [0.717, 1.165) is 23.3 Å². The number of carbonyl (C=O) groups excluding carboxylic acids is 2. The normalized spacial score (nSPS) is 16.6. The average molecular weight is 522 g/mol. The first-order valence-corrected chi connectivity index (χ1v) is 11.2. The molecule has 2 aliphatic heterocycles. The van der Waals surface area contributed by atoms with Gasteiger partial charge in [0, 0.05) is 33.9 Å². The maximum absolute atomic E-state index is 14.1. The van der Waals surface area contributed by atoms with Crippen LogP contribution in [0.3, 0.4) is 0 Å². The van der Waals surface area contributed by atoms with Crippen LogP contribution in [-0.2, 0) is 12.6 Å². The zero-order valence-electron chi connectivity index (χ0n) is 18.6. The van der Waals surface area contributed by atoms with Crippen LogP contribution in [-0.4, -0.2) is 18.5 Å². The predicted octanol–water partition coefficient (Wildman–Crippen LogP) is 6.37. The third kappa shape index (κ3) is 4.05. The Morgan fingerprint density at radius 3 is 2.58 bits per heavy atom. The van der Waals surface area contributed by atoms with Crippen LogP contribution in [0.4, 0.5) is 38.1 Å². The van der Waals surface area contributed by atoms with E-state index < -0.39 is 46.9 Å². The second kappa shape index (κ2) is 8.48. The third-order valence-corrected chi connectivity index (χ3v) is 6.67. The smallest absolute Gasteiger partial charge is 0.327 e. The van der Waals surface area contributed by atoms with Gasteiger partial charge in [0.1, 0.15) is 11.6 Å². The lowest BCUT2D eigenvalue weighted by Gasteiger charge is -2.35. The fourth-order valence-corrected chi connectivity index (χ4v) is 4.96. The number of benzene rings is 3. The molecule has 3 aromatic rings. The number of nitrogens with zero attached hydrogens (tertiary/aromatic N) is 1. The number of anilines is 2. The lowest BCUT2D eigenvalue weighted by atomic mass is 9.89. The van der Waals surface area contributed by atoms with E-state index in [1.54, 1.807) is 13.0 Å². The SMILES string of the molecule is Cc1cc(NC(=O)c2cc(F)cc(C(F)(F)F)c2)c2c3c1CCN3C(=O)NC2c1cc(F)ccc1Cl. The van der Waals surface area contributed by atoms with E-state index in [4.69, 9.17) is 11.6 Å². The van der Waals surface area contributed by atoms with Crippen molar-refractivity contribution in [3.63, 3.8) is 0 Å². The van der Waals surface area contributed by atoms with Crippen molar-refractivity contribution < 1.29 is 31.5 Å². The first-order valence-electron chi connectivity index (χ1n) is 10.8. The molecule has 1 atom stereocenters. The summed E-state index contributed by atoms with van der Waals surface area (Å²) < 4.78 is 67.6. The Balaban J connectivity index is 1.65. The quantitative estimate of drug-likeness (QED) is 0.393. The van der Waals surface area contributed by atoms with Gasteiger partial charge in [-0.05, 0) is 66.9 Å². The van der Waals surface area contributed by atoms with Crippen molar-refractivity contribution in [2.45, 2.75) is 25.6 Å². The molecule has 3 aromatic carbocycles. The monoisotopic (exact) mass is 521 g/mol. The number of aryl methyl sites for hydroxylation is 1. The number of nitrogens with one attached hydrogen (secondary N) is 2. The minimum Gasteiger partial charge on any atom is -0.327 e. The van der Waals surface area contributed by atoms with Gasteiger partial charge in [-0.15, -0.1) is 0 Å². The highest BCUT2D eigenvalue weighted by Crippen LogP contribution is 2.47. The zero-order valence-corrected chi connectivity index (χ0v) is 19.3. The van der Waals surface area contributed by atoms with Gasteiger partial charge in [0.25, 0.3) is 5.91 Å². The van der Waals surface area contributed by atoms with E-state index in [-0.39, 0.29) is 16.3 Å². The topological polar surface area (TPSA) is 61.4 Å². The number of urea groups is 1. The molecule has 5 rings (SSSR count). The number of carbonyl (C=O) groups is 2. The van der Waals surface area contributed by atoms with E-state index in [9.17, 15) is 31.5 Å². The molecule has 186 valence electrons. The molecule has 0 radical (unpaired) electrons. The predicted molar refractivity (Wildman–Crippen MR) is 123 cm³/mol. The average Bonchev–Trinajstić information content (AvgIpc) is 3.25. The zero-order chi connectivity index (χ0) is 25.9. The van der Waals surface area contributed by atoms with Crippen LogP contribution < -0.4 is 15.5 Å². The molecular formula is C25H17ClF5N3O2. The molecule has 0 spiro atoms.